The number of fused-ring (bicyclic) bond motifs is 7. The molecule has 1 aromatic heterocycles. The Morgan fingerprint density at radius 2 is 0.964 bits per heavy atom. The number of rotatable bonds is 6. The normalized spacial score (nSPS) is 11.6. The summed E-state index contributed by atoms with van der Waals surface area (Å²) >= 11 is 14.4. The molecule has 0 radical (unpaired) electrons. The highest BCUT2D eigenvalue weighted by Gasteiger charge is 2.28. The molecule has 0 amide bonds. The van der Waals surface area contributed by atoms with Crippen LogP contribution in [-0.2, 0) is 0 Å². The minimum atomic E-state index is -2.01. The molecule has 0 aliphatic heterocycles. The summed E-state index contributed by atoms with van der Waals surface area (Å²) in [6.45, 7) is 8.25. The Morgan fingerprint density at radius 1 is 0.509 bits per heavy atom. The quantitative estimate of drug-likeness (QED) is 0.157. The van der Waals surface area contributed by atoms with Gasteiger partial charge in [-0.2, -0.15) is 0 Å². The first-order valence-corrected chi connectivity index (χ1v) is 21.4. The Balaban J connectivity index is 1.34. The number of hydrogen-bond donors (Lipinski definition) is 0. The lowest BCUT2D eigenvalue weighted by Gasteiger charge is -2.27. The van der Waals surface area contributed by atoms with Crippen LogP contribution in [0.3, 0.4) is 0 Å². The van der Waals surface area contributed by atoms with Gasteiger partial charge in [-0.25, -0.2) is 0 Å². The lowest BCUT2D eigenvalue weighted by atomic mass is 9.93. The second-order valence-corrected chi connectivity index (χ2v) is 17.8. The summed E-state index contributed by atoms with van der Waals surface area (Å²) in [5, 5.41) is 11.4. The first-order chi connectivity index (χ1) is 26.8. The maximum Gasteiger partial charge on any atom is 0.453 e. The van der Waals surface area contributed by atoms with Gasteiger partial charge in [0.25, 0.3) is 0 Å². The lowest BCUT2D eigenvalue weighted by Crippen LogP contribution is -2.23. The molecule has 7 heteroatoms. The number of hydrogen-bond acceptors (Lipinski definition) is 3. The van der Waals surface area contributed by atoms with Gasteiger partial charge in [0.05, 0.1) is 0 Å². The summed E-state index contributed by atoms with van der Waals surface area (Å²) in [4.78, 5) is 0. The van der Waals surface area contributed by atoms with E-state index >= 15 is 0 Å². The van der Waals surface area contributed by atoms with Gasteiger partial charge >= 0.3 is 8.24 Å². The smallest absolute Gasteiger partial charge is 0.390 e. The van der Waals surface area contributed by atoms with Gasteiger partial charge in [0.1, 0.15) is 16.9 Å². The second-order valence-electron chi connectivity index (χ2n) is 13.9. The molecule has 55 heavy (non-hydrogen) atoms. The number of aryl methyl sites for hydroxylation is 2. The van der Waals surface area contributed by atoms with Crippen LogP contribution in [0, 0.1) is 27.7 Å². The zero-order valence-corrected chi connectivity index (χ0v) is 34.0. The van der Waals surface area contributed by atoms with E-state index in [1.54, 1.807) is 0 Å². The largest absolute Gasteiger partial charge is 0.453 e. The van der Waals surface area contributed by atoms with E-state index in [0.29, 0.717) is 27.0 Å². The Kier molecular flexibility index (Phi) is 9.45. The highest BCUT2D eigenvalue weighted by Crippen LogP contribution is 2.50. The lowest BCUT2D eigenvalue weighted by molar-refractivity contribution is 0.499. The van der Waals surface area contributed by atoms with Crippen LogP contribution in [0.5, 0.6) is 5.75 Å². The van der Waals surface area contributed by atoms with Crippen molar-refractivity contribution in [1.29, 1.82) is 0 Å². The zero-order chi connectivity index (χ0) is 37.8. The van der Waals surface area contributed by atoms with Crippen LogP contribution >= 0.6 is 39.4 Å². The fourth-order valence-electron chi connectivity index (χ4n) is 7.78. The third-order valence-corrected chi connectivity index (χ3v) is 15.0. The van der Waals surface area contributed by atoms with Gasteiger partial charge in [-0.1, -0.05) is 145 Å². The van der Waals surface area contributed by atoms with E-state index in [0.717, 1.165) is 65.7 Å². The Morgan fingerprint density at radius 3 is 1.49 bits per heavy atom. The van der Waals surface area contributed by atoms with E-state index in [9.17, 15) is 0 Å². The van der Waals surface area contributed by atoms with Gasteiger partial charge in [-0.3, -0.25) is 0 Å². The van der Waals surface area contributed by atoms with Crippen molar-refractivity contribution in [2.75, 3.05) is 0 Å². The van der Waals surface area contributed by atoms with Crippen LogP contribution in [0.25, 0.3) is 54.6 Å². The average molecular weight is 794 g/mol. The van der Waals surface area contributed by atoms with E-state index in [1.807, 2.05) is 25.1 Å². The van der Waals surface area contributed by atoms with E-state index in [4.69, 9.17) is 36.1 Å². The SMILES string of the molecule is Cc1cc(Op2oc3ccc4ccccc4c3c3c(ccc4ccccc43)o2)c(-c2c(P(c3ccccc3)c3ccccc3)cc(C)c(Cl)c2C)c(C)c1Cl. The molecule has 9 aromatic rings. The zero-order valence-electron chi connectivity index (χ0n) is 30.7. The molecule has 0 spiro atoms. The maximum absolute atomic E-state index is 7.19. The molecule has 0 fully saturated rings. The molecule has 0 unspecified atom stereocenters. The minimum Gasteiger partial charge on any atom is -0.390 e. The molecule has 8 aromatic carbocycles. The second kappa shape index (κ2) is 14.6. The minimum absolute atomic E-state index is 0.623. The van der Waals surface area contributed by atoms with Crippen molar-refractivity contribution in [3.8, 4) is 16.9 Å². The predicted octanol–water partition coefficient (Wildman–Crippen LogP) is 14.4. The molecule has 0 aliphatic carbocycles. The molecule has 0 atom stereocenters. The predicted molar refractivity (Wildman–Crippen MR) is 237 cm³/mol. The van der Waals surface area contributed by atoms with Crippen molar-refractivity contribution in [3.05, 3.63) is 178 Å². The van der Waals surface area contributed by atoms with Crippen LogP contribution in [-0.4, -0.2) is 0 Å². The van der Waals surface area contributed by atoms with E-state index < -0.39 is 16.2 Å². The van der Waals surface area contributed by atoms with Gasteiger partial charge < -0.3 is 12.9 Å². The Labute approximate surface area is 332 Å². The van der Waals surface area contributed by atoms with Crippen molar-refractivity contribution in [2.45, 2.75) is 27.7 Å². The third kappa shape index (κ3) is 6.30. The molecular formula is C48H36Cl2O3P2. The van der Waals surface area contributed by atoms with Gasteiger partial charge in [-0.05, 0) is 125 Å². The highest BCUT2D eigenvalue weighted by molar-refractivity contribution is 7.80. The van der Waals surface area contributed by atoms with Crippen molar-refractivity contribution >= 4 is 98.8 Å². The molecule has 0 saturated heterocycles. The van der Waals surface area contributed by atoms with Gasteiger partial charge in [0, 0.05) is 26.4 Å². The van der Waals surface area contributed by atoms with Crippen LogP contribution in [0.15, 0.2) is 154 Å². The van der Waals surface area contributed by atoms with Crippen LogP contribution in [0.2, 0.25) is 10.0 Å². The third-order valence-electron chi connectivity index (χ3n) is 10.4. The topological polar surface area (TPSA) is 35.5 Å². The first-order valence-electron chi connectivity index (χ1n) is 18.2. The van der Waals surface area contributed by atoms with Crippen molar-refractivity contribution in [2.24, 2.45) is 0 Å². The first kappa shape index (κ1) is 35.7. The van der Waals surface area contributed by atoms with Gasteiger partial charge in [0.15, 0.2) is 0 Å². The fourth-order valence-corrected chi connectivity index (χ4v) is 11.7. The maximum atomic E-state index is 7.19. The molecule has 0 bridgehead atoms. The highest BCUT2D eigenvalue weighted by atomic mass is 35.5. The average Bonchev–Trinajstić information content (AvgIpc) is 3.37. The number of benzene rings is 8. The van der Waals surface area contributed by atoms with Crippen LogP contribution in [0.4, 0.5) is 0 Å². The molecule has 0 saturated carbocycles. The monoisotopic (exact) mass is 792 g/mol. The van der Waals surface area contributed by atoms with Gasteiger partial charge in [0.2, 0.25) is 0 Å². The summed E-state index contributed by atoms with van der Waals surface area (Å²) < 4.78 is 20.8. The standard InChI is InChI=1S/C48H36Cl2O3P2/c1-29-27-41(53-55-51-39-25-23-33-15-11-13-21-37(33)45(39)46-38-22-14-12-16-34(38)24-26-40(46)52-55)43(31(3)47(29)49)44-32(4)48(50)30(2)28-42(44)54(35-17-7-5-8-18-35)36-19-9-6-10-20-36/h5-28H,1-4H3. The molecule has 1 heterocycles. The molecule has 3 nitrogen and oxygen atoms in total. The van der Waals surface area contributed by atoms with Crippen LogP contribution in [0.1, 0.15) is 22.3 Å². The Bertz CT molecular complexity index is 2840. The van der Waals surface area contributed by atoms with Crippen molar-refractivity contribution in [3.63, 3.8) is 0 Å². The molecule has 9 rings (SSSR count). The van der Waals surface area contributed by atoms with E-state index in [1.165, 1.54) is 15.9 Å². The summed E-state index contributed by atoms with van der Waals surface area (Å²) in [6.07, 6.45) is 0. The number of halogens is 2. The van der Waals surface area contributed by atoms with E-state index in [-0.39, 0.29) is 0 Å². The fraction of sp³-hybridized carbons (Fsp3) is 0.0833. The summed E-state index contributed by atoms with van der Waals surface area (Å²) in [5.74, 6) is 0.623. The van der Waals surface area contributed by atoms with Crippen molar-refractivity contribution < 1.29 is 12.9 Å². The molecule has 0 N–H and O–H groups in total. The van der Waals surface area contributed by atoms with Gasteiger partial charge in [-0.15, -0.1) is 0 Å². The van der Waals surface area contributed by atoms with Crippen LogP contribution < -0.4 is 20.4 Å². The van der Waals surface area contributed by atoms with E-state index in [2.05, 4.69) is 148 Å². The van der Waals surface area contributed by atoms with Crippen molar-refractivity contribution in [1.82, 2.24) is 0 Å². The molecular weight excluding hydrogens is 757 g/mol. The molecule has 0 aliphatic rings. The Hall–Kier alpha value is -5.01. The summed E-state index contributed by atoms with van der Waals surface area (Å²) in [6, 6.07) is 50.7. The molecule has 270 valence electrons. The summed E-state index contributed by atoms with van der Waals surface area (Å²) in [7, 11) is -3.03. The summed E-state index contributed by atoms with van der Waals surface area (Å²) in [5.41, 5.74) is 7.07.